The first-order valence-corrected chi connectivity index (χ1v) is 5.21. The van der Waals surface area contributed by atoms with Gasteiger partial charge >= 0.3 is 5.97 Å². The molecule has 0 aromatic carbocycles. The van der Waals surface area contributed by atoms with Crippen molar-refractivity contribution in [3.63, 3.8) is 0 Å². The molecular formula is C10H20N2O4. The first-order chi connectivity index (χ1) is 7.47. The van der Waals surface area contributed by atoms with Crippen molar-refractivity contribution in [2.75, 3.05) is 20.3 Å². The maximum atomic E-state index is 11.3. The summed E-state index contributed by atoms with van der Waals surface area (Å²) in [5.41, 5.74) is 5.50. The zero-order chi connectivity index (χ0) is 12.6. The average Bonchev–Trinajstić information content (AvgIpc) is 2.23. The van der Waals surface area contributed by atoms with Gasteiger partial charge in [0, 0.05) is 20.1 Å². The summed E-state index contributed by atoms with van der Waals surface area (Å²) in [5.74, 6) is -0.979. The minimum Gasteiger partial charge on any atom is -0.481 e. The molecule has 0 saturated carbocycles. The van der Waals surface area contributed by atoms with Crippen molar-refractivity contribution >= 4 is 11.9 Å². The number of aliphatic carboxylic acids is 1. The maximum Gasteiger partial charge on any atom is 0.303 e. The van der Waals surface area contributed by atoms with Crippen LogP contribution in [0, 0.1) is 5.92 Å². The van der Waals surface area contributed by atoms with E-state index < -0.39 is 12.0 Å². The number of carbonyl (C=O) groups excluding carboxylic acids is 1. The Morgan fingerprint density at radius 1 is 1.50 bits per heavy atom. The largest absolute Gasteiger partial charge is 0.481 e. The molecule has 0 spiro atoms. The first-order valence-electron chi connectivity index (χ1n) is 5.21. The smallest absolute Gasteiger partial charge is 0.303 e. The molecule has 94 valence electrons. The number of hydrogen-bond donors (Lipinski definition) is 3. The van der Waals surface area contributed by atoms with E-state index in [9.17, 15) is 9.59 Å². The minimum atomic E-state index is -0.825. The van der Waals surface area contributed by atoms with Gasteiger partial charge in [0.05, 0.1) is 6.61 Å². The van der Waals surface area contributed by atoms with Crippen LogP contribution in [0.4, 0.5) is 0 Å². The van der Waals surface area contributed by atoms with Crippen molar-refractivity contribution in [2.24, 2.45) is 11.7 Å². The van der Waals surface area contributed by atoms with Gasteiger partial charge in [-0.2, -0.15) is 0 Å². The lowest BCUT2D eigenvalue weighted by Gasteiger charge is -2.14. The number of carboxylic acids is 1. The number of amides is 1. The van der Waals surface area contributed by atoms with Crippen LogP contribution in [-0.4, -0.2) is 43.3 Å². The maximum absolute atomic E-state index is 11.3. The molecule has 0 aromatic heterocycles. The highest BCUT2D eigenvalue weighted by molar-refractivity contribution is 5.81. The Balaban J connectivity index is 3.69. The van der Waals surface area contributed by atoms with Crippen molar-refractivity contribution in [1.29, 1.82) is 0 Å². The number of ether oxygens (including phenoxy) is 1. The molecule has 0 bridgehead atoms. The second-order valence-electron chi connectivity index (χ2n) is 3.84. The lowest BCUT2D eigenvalue weighted by Crippen LogP contribution is -2.44. The van der Waals surface area contributed by atoms with Gasteiger partial charge in [-0.3, -0.25) is 9.59 Å². The van der Waals surface area contributed by atoms with Gasteiger partial charge in [0.15, 0.2) is 0 Å². The molecule has 0 radical (unpaired) electrons. The molecular weight excluding hydrogens is 212 g/mol. The Bertz CT molecular complexity index is 233. The van der Waals surface area contributed by atoms with E-state index in [1.54, 1.807) is 0 Å². The SMILES string of the molecule is COCC(N)C(=O)NCC(C)CCC(=O)O. The summed E-state index contributed by atoms with van der Waals surface area (Å²) in [5, 5.41) is 11.1. The second kappa shape index (κ2) is 8.06. The molecule has 0 aromatic rings. The molecule has 4 N–H and O–H groups in total. The van der Waals surface area contributed by atoms with E-state index in [0.717, 1.165) is 0 Å². The summed E-state index contributed by atoms with van der Waals surface area (Å²) in [6.07, 6.45) is 0.649. The molecule has 0 aliphatic rings. The number of carbonyl (C=O) groups is 2. The fourth-order valence-electron chi connectivity index (χ4n) is 1.13. The molecule has 0 saturated heterocycles. The van der Waals surface area contributed by atoms with Gasteiger partial charge in [-0.15, -0.1) is 0 Å². The van der Waals surface area contributed by atoms with Crippen LogP contribution in [0.2, 0.25) is 0 Å². The van der Waals surface area contributed by atoms with Crippen LogP contribution in [0.3, 0.4) is 0 Å². The van der Waals surface area contributed by atoms with E-state index in [1.165, 1.54) is 7.11 Å². The molecule has 2 atom stereocenters. The third kappa shape index (κ3) is 7.19. The number of methoxy groups -OCH3 is 1. The molecule has 0 heterocycles. The zero-order valence-electron chi connectivity index (χ0n) is 9.73. The standard InChI is InChI=1S/C10H20N2O4/c1-7(3-4-9(13)14)5-12-10(15)8(11)6-16-2/h7-8H,3-6,11H2,1-2H3,(H,12,15)(H,13,14). The van der Waals surface area contributed by atoms with Gasteiger partial charge < -0.3 is 20.9 Å². The molecule has 2 unspecified atom stereocenters. The topological polar surface area (TPSA) is 102 Å². The van der Waals surface area contributed by atoms with Gasteiger partial charge in [0.1, 0.15) is 6.04 Å². The monoisotopic (exact) mass is 232 g/mol. The molecule has 0 rings (SSSR count). The second-order valence-corrected chi connectivity index (χ2v) is 3.84. The number of nitrogens with one attached hydrogen (secondary N) is 1. The van der Waals surface area contributed by atoms with Gasteiger partial charge in [0.25, 0.3) is 0 Å². The van der Waals surface area contributed by atoms with Crippen LogP contribution in [0.25, 0.3) is 0 Å². The van der Waals surface area contributed by atoms with E-state index in [0.29, 0.717) is 13.0 Å². The number of nitrogens with two attached hydrogens (primary N) is 1. The summed E-state index contributed by atoms with van der Waals surface area (Å²) in [7, 11) is 1.47. The highest BCUT2D eigenvalue weighted by atomic mass is 16.5. The number of rotatable bonds is 8. The molecule has 6 nitrogen and oxygen atoms in total. The molecule has 16 heavy (non-hydrogen) atoms. The summed E-state index contributed by atoms with van der Waals surface area (Å²) in [4.78, 5) is 21.7. The van der Waals surface area contributed by atoms with Gasteiger partial charge in [-0.25, -0.2) is 0 Å². The predicted octanol–water partition coefficient (Wildman–Crippen LogP) is -0.423. The highest BCUT2D eigenvalue weighted by Gasteiger charge is 2.13. The van der Waals surface area contributed by atoms with E-state index in [-0.39, 0.29) is 24.9 Å². The predicted molar refractivity (Wildman–Crippen MR) is 58.9 cm³/mol. The first kappa shape index (κ1) is 14.9. The van der Waals surface area contributed by atoms with Crippen molar-refractivity contribution < 1.29 is 19.4 Å². The molecule has 6 heteroatoms. The highest BCUT2D eigenvalue weighted by Crippen LogP contribution is 2.03. The number of carboxylic acid groups (broad SMARTS) is 1. The Morgan fingerprint density at radius 2 is 2.12 bits per heavy atom. The molecule has 0 aliphatic heterocycles. The summed E-state index contributed by atoms with van der Waals surface area (Å²) >= 11 is 0. The third-order valence-electron chi connectivity index (χ3n) is 2.16. The normalized spacial score (nSPS) is 14.2. The van der Waals surface area contributed by atoms with Crippen LogP contribution >= 0.6 is 0 Å². The van der Waals surface area contributed by atoms with Crippen molar-refractivity contribution in [2.45, 2.75) is 25.8 Å². The Morgan fingerprint density at radius 3 is 2.62 bits per heavy atom. The molecule has 0 aliphatic carbocycles. The van der Waals surface area contributed by atoms with E-state index >= 15 is 0 Å². The summed E-state index contributed by atoms with van der Waals surface area (Å²) in [6.45, 7) is 2.49. The lowest BCUT2D eigenvalue weighted by atomic mass is 10.1. The zero-order valence-corrected chi connectivity index (χ0v) is 9.73. The Hall–Kier alpha value is -1.14. The van der Waals surface area contributed by atoms with Crippen molar-refractivity contribution in [1.82, 2.24) is 5.32 Å². The van der Waals surface area contributed by atoms with Crippen molar-refractivity contribution in [3.05, 3.63) is 0 Å². The van der Waals surface area contributed by atoms with E-state index in [2.05, 4.69) is 5.32 Å². The molecule has 0 fully saturated rings. The van der Waals surface area contributed by atoms with Crippen LogP contribution < -0.4 is 11.1 Å². The minimum absolute atomic E-state index is 0.112. The Labute approximate surface area is 95.1 Å². The molecule has 1 amide bonds. The fraction of sp³-hybridized carbons (Fsp3) is 0.800. The van der Waals surface area contributed by atoms with Crippen molar-refractivity contribution in [3.8, 4) is 0 Å². The van der Waals surface area contributed by atoms with Crippen LogP contribution in [-0.2, 0) is 14.3 Å². The van der Waals surface area contributed by atoms with E-state index in [4.69, 9.17) is 15.6 Å². The van der Waals surface area contributed by atoms with Crippen LogP contribution in [0.1, 0.15) is 19.8 Å². The fourth-order valence-corrected chi connectivity index (χ4v) is 1.13. The lowest BCUT2D eigenvalue weighted by molar-refractivity contribution is -0.137. The van der Waals surface area contributed by atoms with Gasteiger partial charge in [0.2, 0.25) is 5.91 Å². The quantitative estimate of drug-likeness (QED) is 0.527. The Kier molecular flexibility index (Phi) is 7.49. The van der Waals surface area contributed by atoms with E-state index in [1.807, 2.05) is 6.92 Å². The van der Waals surface area contributed by atoms with Gasteiger partial charge in [-0.05, 0) is 12.3 Å². The van der Waals surface area contributed by atoms with Crippen LogP contribution in [0.15, 0.2) is 0 Å². The van der Waals surface area contributed by atoms with Gasteiger partial charge in [-0.1, -0.05) is 6.92 Å². The average molecular weight is 232 g/mol. The van der Waals surface area contributed by atoms with Crippen LogP contribution in [0.5, 0.6) is 0 Å². The number of hydrogen-bond acceptors (Lipinski definition) is 4. The third-order valence-corrected chi connectivity index (χ3v) is 2.16. The summed E-state index contributed by atoms with van der Waals surface area (Å²) in [6, 6.07) is -0.670. The summed E-state index contributed by atoms with van der Waals surface area (Å²) < 4.78 is 4.75.